The molecule has 2 N–H and O–H groups in total. The largest absolute Gasteiger partial charge is 0.481 e. The summed E-state index contributed by atoms with van der Waals surface area (Å²) in [5.74, 6) is -0.748. The van der Waals surface area contributed by atoms with Gasteiger partial charge in [0, 0.05) is 24.0 Å². The van der Waals surface area contributed by atoms with Crippen LogP contribution in [0.15, 0.2) is 11.6 Å². The molecule has 0 bridgehead atoms. The van der Waals surface area contributed by atoms with Gasteiger partial charge in [0.15, 0.2) is 0 Å². The number of carboxylic acid groups (broad SMARTS) is 1. The molecule has 0 radical (unpaired) electrons. The molecule has 1 aliphatic heterocycles. The average molecular weight is 233 g/mol. The molecule has 0 aromatic heterocycles. The van der Waals surface area contributed by atoms with E-state index in [0.717, 1.165) is 0 Å². The topological polar surface area (TPSA) is 69.6 Å². The van der Waals surface area contributed by atoms with Gasteiger partial charge in [-0.2, -0.15) is 0 Å². The van der Waals surface area contributed by atoms with E-state index in [1.807, 2.05) is 0 Å². The number of nitrogens with one attached hydrogen (secondary N) is 1. The Kier molecular flexibility index (Phi) is 3.96. The van der Waals surface area contributed by atoms with Crippen molar-refractivity contribution in [2.75, 3.05) is 19.6 Å². The van der Waals surface area contributed by atoms with Crippen LogP contribution in [0.1, 0.15) is 6.42 Å². The molecular formula is C9H13ClN2O3. The molecule has 0 unspecified atom stereocenters. The smallest absolute Gasteiger partial charge is 0.317 e. The molecule has 1 rings (SSSR count). The second-order valence-electron chi connectivity index (χ2n) is 3.54. The fourth-order valence-electron chi connectivity index (χ4n) is 1.40. The van der Waals surface area contributed by atoms with Crippen LogP contribution in [-0.4, -0.2) is 41.6 Å². The molecule has 2 amide bonds. The Hall–Kier alpha value is -1.23. The van der Waals surface area contributed by atoms with Crippen molar-refractivity contribution in [3.8, 4) is 0 Å². The minimum atomic E-state index is -0.825. The Morgan fingerprint density at radius 1 is 1.53 bits per heavy atom. The highest BCUT2D eigenvalue weighted by Crippen LogP contribution is 2.18. The standard InChI is InChI=1S/C9H13ClN2O3/c1-6(10)3-11-9(15)12-4-7(5-12)2-8(13)14/h7H,1-5H2,(H,11,15)(H,13,14). The molecule has 5 nitrogen and oxygen atoms in total. The number of carboxylic acids is 1. The van der Waals surface area contributed by atoms with Crippen LogP contribution in [0.5, 0.6) is 0 Å². The lowest BCUT2D eigenvalue weighted by Crippen LogP contribution is -2.54. The van der Waals surface area contributed by atoms with Crippen molar-refractivity contribution in [3.63, 3.8) is 0 Å². The quantitative estimate of drug-likeness (QED) is 0.755. The van der Waals surface area contributed by atoms with Crippen LogP contribution in [0.3, 0.4) is 0 Å². The van der Waals surface area contributed by atoms with Gasteiger partial charge in [0.25, 0.3) is 0 Å². The van der Waals surface area contributed by atoms with Gasteiger partial charge in [0.2, 0.25) is 0 Å². The van der Waals surface area contributed by atoms with E-state index >= 15 is 0 Å². The van der Waals surface area contributed by atoms with Crippen molar-refractivity contribution in [2.45, 2.75) is 6.42 Å². The Balaban J connectivity index is 2.18. The SMILES string of the molecule is C=C(Cl)CNC(=O)N1CC(CC(=O)O)C1. The number of nitrogens with zero attached hydrogens (tertiary/aromatic N) is 1. The number of aliphatic carboxylic acids is 1. The fourth-order valence-corrected chi connectivity index (χ4v) is 1.46. The molecule has 6 heteroatoms. The number of hydrogen-bond acceptors (Lipinski definition) is 2. The van der Waals surface area contributed by atoms with Crippen LogP contribution in [0, 0.1) is 5.92 Å². The van der Waals surface area contributed by atoms with Crippen LogP contribution >= 0.6 is 11.6 Å². The first kappa shape index (κ1) is 11.8. The van der Waals surface area contributed by atoms with Gasteiger partial charge in [0.05, 0.1) is 13.0 Å². The maximum Gasteiger partial charge on any atom is 0.317 e. The molecule has 0 saturated carbocycles. The molecular weight excluding hydrogens is 220 g/mol. The Labute approximate surface area is 92.7 Å². The molecule has 0 atom stereocenters. The second-order valence-corrected chi connectivity index (χ2v) is 4.08. The number of halogens is 1. The van der Waals surface area contributed by atoms with Crippen molar-refractivity contribution >= 4 is 23.6 Å². The summed E-state index contributed by atoms with van der Waals surface area (Å²) < 4.78 is 0. The first-order chi connectivity index (χ1) is 6.99. The van der Waals surface area contributed by atoms with Gasteiger partial charge in [-0.3, -0.25) is 4.79 Å². The van der Waals surface area contributed by atoms with Gasteiger partial charge < -0.3 is 15.3 Å². The van der Waals surface area contributed by atoms with Gasteiger partial charge in [-0.15, -0.1) is 0 Å². The molecule has 1 saturated heterocycles. The van der Waals surface area contributed by atoms with Crippen molar-refractivity contribution in [3.05, 3.63) is 11.6 Å². The molecule has 1 heterocycles. The summed E-state index contributed by atoms with van der Waals surface area (Å²) >= 11 is 5.48. The maximum atomic E-state index is 11.3. The first-order valence-electron chi connectivity index (χ1n) is 4.57. The van der Waals surface area contributed by atoms with Gasteiger partial charge in [-0.25, -0.2) is 4.79 Å². The van der Waals surface area contributed by atoms with Gasteiger partial charge >= 0.3 is 12.0 Å². The summed E-state index contributed by atoms with van der Waals surface area (Å²) in [5, 5.41) is 11.4. The zero-order valence-corrected chi connectivity index (χ0v) is 8.96. The van der Waals surface area contributed by atoms with Gasteiger partial charge in [-0.1, -0.05) is 18.2 Å². The van der Waals surface area contributed by atoms with E-state index in [9.17, 15) is 9.59 Å². The summed E-state index contributed by atoms with van der Waals surface area (Å²) in [5.41, 5.74) is 0. The summed E-state index contributed by atoms with van der Waals surface area (Å²) in [6.45, 7) is 4.66. The highest BCUT2D eigenvalue weighted by atomic mass is 35.5. The van der Waals surface area contributed by atoms with Crippen LogP contribution in [0.2, 0.25) is 0 Å². The predicted molar refractivity (Wildman–Crippen MR) is 55.7 cm³/mol. The van der Waals surface area contributed by atoms with Crippen LogP contribution in [-0.2, 0) is 4.79 Å². The van der Waals surface area contributed by atoms with E-state index in [0.29, 0.717) is 18.1 Å². The third kappa shape index (κ3) is 3.79. The predicted octanol–water partition coefficient (Wildman–Crippen LogP) is 0.855. The van der Waals surface area contributed by atoms with E-state index in [2.05, 4.69) is 11.9 Å². The Morgan fingerprint density at radius 3 is 2.60 bits per heavy atom. The molecule has 15 heavy (non-hydrogen) atoms. The zero-order chi connectivity index (χ0) is 11.4. The highest BCUT2D eigenvalue weighted by molar-refractivity contribution is 6.29. The lowest BCUT2D eigenvalue weighted by molar-refractivity contribution is -0.139. The molecule has 1 aliphatic rings. The summed E-state index contributed by atoms with van der Waals surface area (Å²) in [6, 6.07) is -0.224. The monoisotopic (exact) mass is 232 g/mol. The number of urea groups is 1. The van der Waals surface area contributed by atoms with Crippen LogP contribution < -0.4 is 5.32 Å². The van der Waals surface area contributed by atoms with Crippen molar-refractivity contribution in [1.29, 1.82) is 0 Å². The zero-order valence-electron chi connectivity index (χ0n) is 8.20. The normalized spacial score (nSPS) is 15.7. The fraction of sp³-hybridized carbons (Fsp3) is 0.556. The third-order valence-corrected chi connectivity index (χ3v) is 2.27. The molecule has 0 aromatic carbocycles. The number of hydrogen-bond donors (Lipinski definition) is 2. The van der Waals surface area contributed by atoms with E-state index in [1.165, 1.54) is 0 Å². The molecule has 0 aliphatic carbocycles. The van der Waals surface area contributed by atoms with E-state index in [-0.39, 0.29) is 24.9 Å². The Bertz CT molecular complexity index is 287. The second kappa shape index (κ2) is 5.02. The third-order valence-electron chi connectivity index (χ3n) is 2.14. The Morgan fingerprint density at radius 2 is 2.13 bits per heavy atom. The minimum absolute atomic E-state index is 0.0763. The lowest BCUT2D eigenvalue weighted by Gasteiger charge is -2.38. The molecule has 0 aromatic rings. The van der Waals surface area contributed by atoms with Crippen molar-refractivity contribution in [2.24, 2.45) is 5.92 Å². The lowest BCUT2D eigenvalue weighted by atomic mass is 9.97. The average Bonchev–Trinajstić information content (AvgIpc) is 2.06. The molecule has 1 fully saturated rings. The van der Waals surface area contributed by atoms with E-state index < -0.39 is 5.97 Å². The number of likely N-dealkylation sites (tertiary alicyclic amines) is 1. The van der Waals surface area contributed by atoms with Crippen LogP contribution in [0.4, 0.5) is 4.79 Å². The van der Waals surface area contributed by atoms with Crippen molar-refractivity contribution in [1.82, 2.24) is 10.2 Å². The summed E-state index contributed by atoms with van der Waals surface area (Å²) in [7, 11) is 0. The van der Waals surface area contributed by atoms with E-state index in [1.54, 1.807) is 4.90 Å². The number of carbonyl (C=O) groups is 2. The number of carbonyl (C=O) groups excluding carboxylic acids is 1. The summed E-state index contributed by atoms with van der Waals surface area (Å²) in [4.78, 5) is 23.2. The summed E-state index contributed by atoms with van der Waals surface area (Å²) in [6.07, 6.45) is 0.117. The molecule has 84 valence electrons. The number of amides is 2. The highest BCUT2D eigenvalue weighted by Gasteiger charge is 2.31. The molecule has 0 spiro atoms. The number of rotatable bonds is 4. The first-order valence-corrected chi connectivity index (χ1v) is 4.94. The van der Waals surface area contributed by atoms with Crippen molar-refractivity contribution < 1.29 is 14.7 Å². The van der Waals surface area contributed by atoms with E-state index in [4.69, 9.17) is 16.7 Å². The van der Waals surface area contributed by atoms with Gasteiger partial charge in [0.1, 0.15) is 0 Å². The van der Waals surface area contributed by atoms with Crippen LogP contribution in [0.25, 0.3) is 0 Å². The van der Waals surface area contributed by atoms with Gasteiger partial charge in [-0.05, 0) is 0 Å². The maximum absolute atomic E-state index is 11.3. The minimum Gasteiger partial charge on any atom is -0.481 e.